The van der Waals surface area contributed by atoms with Gasteiger partial charge in [0.2, 0.25) is 0 Å². The Labute approximate surface area is 105 Å². The molecule has 0 bridgehead atoms. The first-order chi connectivity index (χ1) is 8.27. The van der Waals surface area contributed by atoms with Crippen LogP contribution < -0.4 is 5.32 Å². The molecule has 6 heteroatoms. The average molecular weight is 252 g/mol. The SMILES string of the molecule is CO/C(=C/C#N)NCCSCc1nc[nH]c1C. The van der Waals surface area contributed by atoms with Crippen LogP contribution in [0.25, 0.3) is 0 Å². The van der Waals surface area contributed by atoms with E-state index in [2.05, 4.69) is 15.3 Å². The number of H-pyrrole nitrogens is 1. The van der Waals surface area contributed by atoms with E-state index in [0.717, 1.165) is 29.4 Å². The molecule has 0 saturated heterocycles. The fourth-order valence-corrected chi connectivity index (χ4v) is 2.06. The zero-order valence-electron chi connectivity index (χ0n) is 9.99. The number of aryl methyl sites for hydroxylation is 1. The van der Waals surface area contributed by atoms with Crippen LogP contribution in [0.3, 0.4) is 0 Å². The van der Waals surface area contributed by atoms with Crippen LogP contribution in [0.5, 0.6) is 0 Å². The molecule has 0 saturated carbocycles. The summed E-state index contributed by atoms with van der Waals surface area (Å²) in [5.41, 5.74) is 2.21. The molecule has 1 aromatic rings. The van der Waals surface area contributed by atoms with E-state index in [1.54, 1.807) is 18.1 Å². The lowest BCUT2D eigenvalue weighted by molar-refractivity contribution is 0.264. The van der Waals surface area contributed by atoms with Gasteiger partial charge in [0.15, 0.2) is 5.88 Å². The lowest BCUT2D eigenvalue weighted by atomic mass is 10.4. The van der Waals surface area contributed by atoms with Gasteiger partial charge in [-0.3, -0.25) is 0 Å². The molecule has 0 atom stereocenters. The number of rotatable bonds is 7. The number of allylic oxidation sites excluding steroid dienone is 1. The maximum atomic E-state index is 8.46. The Morgan fingerprint density at radius 2 is 2.59 bits per heavy atom. The molecule has 0 aliphatic rings. The van der Waals surface area contributed by atoms with Crippen LogP contribution in [-0.4, -0.2) is 29.4 Å². The van der Waals surface area contributed by atoms with Gasteiger partial charge in [-0.1, -0.05) is 0 Å². The highest BCUT2D eigenvalue weighted by Crippen LogP contribution is 2.11. The molecular formula is C11H16N4OS. The number of thioether (sulfide) groups is 1. The van der Waals surface area contributed by atoms with Crippen molar-refractivity contribution in [3.8, 4) is 6.07 Å². The summed E-state index contributed by atoms with van der Waals surface area (Å²) in [4.78, 5) is 7.27. The summed E-state index contributed by atoms with van der Waals surface area (Å²) in [5.74, 6) is 2.32. The molecule has 92 valence electrons. The van der Waals surface area contributed by atoms with E-state index in [9.17, 15) is 0 Å². The predicted molar refractivity (Wildman–Crippen MR) is 68.2 cm³/mol. The molecule has 17 heavy (non-hydrogen) atoms. The number of aromatic amines is 1. The third-order valence-electron chi connectivity index (χ3n) is 2.13. The van der Waals surface area contributed by atoms with Gasteiger partial charge in [-0.25, -0.2) is 4.98 Å². The van der Waals surface area contributed by atoms with Crippen molar-refractivity contribution in [2.75, 3.05) is 19.4 Å². The molecule has 0 amide bonds. The highest BCUT2D eigenvalue weighted by Gasteiger charge is 2.00. The Morgan fingerprint density at radius 1 is 1.76 bits per heavy atom. The van der Waals surface area contributed by atoms with Gasteiger partial charge in [0.1, 0.15) is 0 Å². The van der Waals surface area contributed by atoms with Crippen molar-refractivity contribution in [1.82, 2.24) is 15.3 Å². The van der Waals surface area contributed by atoms with Crippen molar-refractivity contribution in [2.45, 2.75) is 12.7 Å². The largest absolute Gasteiger partial charge is 0.482 e. The number of nitrogens with one attached hydrogen (secondary N) is 2. The van der Waals surface area contributed by atoms with Crippen LogP contribution in [0.4, 0.5) is 0 Å². The summed E-state index contributed by atoms with van der Waals surface area (Å²) in [6, 6.07) is 1.92. The van der Waals surface area contributed by atoms with Gasteiger partial charge in [-0.2, -0.15) is 17.0 Å². The quantitative estimate of drug-likeness (QED) is 0.437. The highest BCUT2D eigenvalue weighted by atomic mass is 32.2. The summed E-state index contributed by atoms with van der Waals surface area (Å²) < 4.78 is 4.96. The van der Waals surface area contributed by atoms with E-state index in [1.807, 2.05) is 13.0 Å². The monoisotopic (exact) mass is 252 g/mol. The fraction of sp³-hybridized carbons (Fsp3) is 0.455. The number of aromatic nitrogens is 2. The van der Waals surface area contributed by atoms with Crippen LogP contribution in [-0.2, 0) is 10.5 Å². The second-order valence-corrected chi connectivity index (χ2v) is 4.40. The van der Waals surface area contributed by atoms with Crippen molar-refractivity contribution in [2.24, 2.45) is 0 Å². The number of ether oxygens (including phenoxy) is 1. The van der Waals surface area contributed by atoms with Crippen LogP contribution in [0, 0.1) is 18.3 Å². The Kier molecular flexibility index (Phi) is 6.04. The molecule has 0 aliphatic heterocycles. The smallest absolute Gasteiger partial charge is 0.197 e. The van der Waals surface area contributed by atoms with Gasteiger partial charge >= 0.3 is 0 Å². The van der Waals surface area contributed by atoms with Crippen LogP contribution >= 0.6 is 11.8 Å². The number of hydrogen-bond acceptors (Lipinski definition) is 5. The topological polar surface area (TPSA) is 73.7 Å². The van der Waals surface area contributed by atoms with Gasteiger partial charge in [0.25, 0.3) is 0 Å². The van der Waals surface area contributed by atoms with Gasteiger partial charge < -0.3 is 15.0 Å². The number of nitrogens with zero attached hydrogens (tertiary/aromatic N) is 2. The summed E-state index contributed by atoms with van der Waals surface area (Å²) in [7, 11) is 1.54. The Bertz CT molecular complexity index is 408. The van der Waals surface area contributed by atoms with E-state index in [-0.39, 0.29) is 0 Å². The average Bonchev–Trinajstić information content (AvgIpc) is 2.73. The van der Waals surface area contributed by atoms with Crippen molar-refractivity contribution < 1.29 is 4.74 Å². The molecule has 0 spiro atoms. The lowest BCUT2D eigenvalue weighted by Gasteiger charge is -2.07. The van der Waals surface area contributed by atoms with E-state index >= 15 is 0 Å². The van der Waals surface area contributed by atoms with Crippen LogP contribution in [0.1, 0.15) is 11.4 Å². The van der Waals surface area contributed by atoms with E-state index in [0.29, 0.717) is 5.88 Å². The molecule has 1 heterocycles. The second-order valence-electron chi connectivity index (χ2n) is 3.30. The van der Waals surface area contributed by atoms with Crippen molar-refractivity contribution in [3.05, 3.63) is 29.7 Å². The molecule has 1 rings (SSSR count). The molecule has 0 aliphatic carbocycles. The van der Waals surface area contributed by atoms with Crippen LogP contribution in [0.2, 0.25) is 0 Å². The van der Waals surface area contributed by atoms with Gasteiger partial charge in [0.05, 0.1) is 31.3 Å². The standard InChI is InChI=1S/C11H16N4OS/c1-9-10(15-8-14-9)7-17-6-5-13-11(16-2)3-4-12/h3,8,13H,5-7H2,1-2H3,(H,14,15)/b11-3+. The second kappa shape index (κ2) is 7.63. The lowest BCUT2D eigenvalue weighted by Crippen LogP contribution is -2.17. The Hall–Kier alpha value is -1.61. The fourth-order valence-electron chi connectivity index (χ4n) is 1.19. The minimum Gasteiger partial charge on any atom is -0.482 e. The summed E-state index contributed by atoms with van der Waals surface area (Å²) in [5, 5.41) is 11.5. The van der Waals surface area contributed by atoms with Crippen molar-refractivity contribution in [3.63, 3.8) is 0 Å². The minimum absolute atomic E-state index is 0.504. The zero-order chi connectivity index (χ0) is 12.5. The Balaban J connectivity index is 2.15. The highest BCUT2D eigenvalue weighted by molar-refractivity contribution is 7.98. The van der Waals surface area contributed by atoms with E-state index < -0.39 is 0 Å². The number of hydrogen-bond donors (Lipinski definition) is 2. The van der Waals surface area contributed by atoms with Gasteiger partial charge in [0, 0.05) is 23.7 Å². The molecule has 0 fully saturated rings. The predicted octanol–water partition coefficient (Wildman–Crippen LogP) is 1.55. The van der Waals surface area contributed by atoms with Crippen LogP contribution in [0.15, 0.2) is 18.3 Å². The summed E-state index contributed by atoms with van der Waals surface area (Å²) in [6.07, 6.45) is 3.06. The molecule has 0 unspecified atom stereocenters. The summed E-state index contributed by atoms with van der Waals surface area (Å²) in [6.45, 7) is 2.77. The number of imidazole rings is 1. The van der Waals surface area contributed by atoms with Gasteiger partial charge in [-0.05, 0) is 6.92 Å². The normalized spacial score (nSPS) is 11.0. The molecule has 2 N–H and O–H groups in total. The first-order valence-corrected chi connectivity index (χ1v) is 6.37. The maximum Gasteiger partial charge on any atom is 0.197 e. The third-order valence-corrected chi connectivity index (χ3v) is 3.10. The number of nitriles is 1. The summed E-state index contributed by atoms with van der Waals surface area (Å²) >= 11 is 1.79. The number of methoxy groups -OCH3 is 1. The third kappa shape index (κ3) is 4.83. The minimum atomic E-state index is 0.504. The van der Waals surface area contributed by atoms with E-state index in [4.69, 9.17) is 10.00 Å². The zero-order valence-corrected chi connectivity index (χ0v) is 10.8. The molecule has 0 radical (unpaired) electrons. The van der Waals surface area contributed by atoms with Crippen molar-refractivity contribution >= 4 is 11.8 Å². The van der Waals surface area contributed by atoms with Crippen molar-refractivity contribution in [1.29, 1.82) is 5.26 Å². The van der Waals surface area contributed by atoms with E-state index in [1.165, 1.54) is 13.2 Å². The molecule has 5 nitrogen and oxygen atoms in total. The molecule has 0 aromatic carbocycles. The molecular weight excluding hydrogens is 236 g/mol. The first-order valence-electron chi connectivity index (χ1n) is 5.22. The maximum absolute atomic E-state index is 8.46. The molecule has 1 aromatic heterocycles. The van der Waals surface area contributed by atoms with Gasteiger partial charge in [-0.15, -0.1) is 0 Å². The Morgan fingerprint density at radius 3 is 3.18 bits per heavy atom. The first kappa shape index (κ1) is 13.5.